The molecule has 3 aromatic heterocycles. The number of aliphatic hydroxyl groups is 1. The van der Waals surface area contributed by atoms with E-state index >= 15 is 0 Å². The number of amides is 1. The minimum absolute atomic E-state index is 0.182. The van der Waals surface area contributed by atoms with Gasteiger partial charge in [-0.1, -0.05) is 51.0 Å². The molecular formula is C43H57N9O5. The van der Waals surface area contributed by atoms with Gasteiger partial charge in [-0.05, 0) is 85.5 Å². The Morgan fingerprint density at radius 3 is 2.05 bits per heavy atom. The highest BCUT2D eigenvalue weighted by Gasteiger charge is 2.27. The van der Waals surface area contributed by atoms with E-state index < -0.39 is 12.2 Å². The number of anilines is 3. The summed E-state index contributed by atoms with van der Waals surface area (Å²) in [7, 11) is 4.94. The number of nitrogens with one attached hydrogen (secondary N) is 1. The number of fused-ring (bicyclic) bond motifs is 1. The first-order valence-electron chi connectivity index (χ1n) is 20.0. The number of carbonyl (C=O) groups is 1. The summed E-state index contributed by atoms with van der Waals surface area (Å²) in [4.78, 5) is 32.0. The smallest absolute Gasteiger partial charge is 0.407 e. The largest absolute Gasteiger partial charge is 0.497 e. The van der Waals surface area contributed by atoms with E-state index in [9.17, 15) is 15.0 Å². The van der Waals surface area contributed by atoms with Crippen LogP contribution in [0.25, 0.3) is 5.65 Å². The molecule has 1 amide bonds. The maximum Gasteiger partial charge on any atom is 0.407 e. The summed E-state index contributed by atoms with van der Waals surface area (Å²) in [5.41, 5.74) is 4.74. The van der Waals surface area contributed by atoms with Crippen LogP contribution >= 0.6 is 0 Å². The highest BCUT2D eigenvalue weighted by atomic mass is 16.5. The van der Waals surface area contributed by atoms with Gasteiger partial charge in [0, 0.05) is 57.6 Å². The summed E-state index contributed by atoms with van der Waals surface area (Å²) in [5.74, 6) is 3.84. The monoisotopic (exact) mass is 779 g/mol. The third-order valence-corrected chi connectivity index (χ3v) is 10.8. The van der Waals surface area contributed by atoms with Gasteiger partial charge in [-0.3, -0.25) is 0 Å². The van der Waals surface area contributed by atoms with Crippen LogP contribution in [-0.2, 0) is 13.1 Å². The van der Waals surface area contributed by atoms with E-state index in [-0.39, 0.29) is 6.04 Å². The van der Waals surface area contributed by atoms with Gasteiger partial charge in [0.1, 0.15) is 23.4 Å². The second-order valence-electron chi connectivity index (χ2n) is 15.1. The van der Waals surface area contributed by atoms with Crippen molar-refractivity contribution in [1.29, 1.82) is 0 Å². The predicted molar refractivity (Wildman–Crippen MR) is 223 cm³/mol. The van der Waals surface area contributed by atoms with Crippen molar-refractivity contribution >= 4 is 29.3 Å². The maximum absolute atomic E-state index is 12.0. The van der Waals surface area contributed by atoms with Crippen LogP contribution in [0.2, 0.25) is 0 Å². The molecule has 304 valence electrons. The number of methoxy groups -OCH3 is 2. The molecular weight excluding hydrogens is 723 g/mol. The molecule has 57 heavy (non-hydrogen) atoms. The molecule has 0 bridgehead atoms. The van der Waals surface area contributed by atoms with Gasteiger partial charge in [0.25, 0.3) is 0 Å². The van der Waals surface area contributed by atoms with Crippen molar-refractivity contribution < 1.29 is 24.5 Å². The van der Waals surface area contributed by atoms with Crippen molar-refractivity contribution in [3.8, 4) is 11.5 Å². The zero-order valence-corrected chi connectivity index (χ0v) is 34.1. The molecule has 6 rings (SSSR count). The molecule has 0 saturated carbocycles. The standard InChI is InChI=1S/C43H57N9O5/c1-7-9-34(10-8-2)46-42-47-41(51(27-30-11-15-35(56-5)16-12-30)28-31-13-17-36(57-6)18-14-31)40-45-25-37(52(40)48-42)38(53)33-23-29(3)39(44-24-33)50-21-19-32(20-22-50)26-49(4)43(54)55/h11-18,23-25,32,34,38,53H,7-10,19-22,26-28H2,1-6H3,(H,46,48)(H,54,55). The molecule has 3 N–H and O–H groups in total. The number of piperidine rings is 1. The average Bonchev–Trinajstić information content (AvgIpc) is 3.65. The van der Waals surface area contributed by atoms with E-state index in [0.29, 0.717) is 54.2 Å². The van der Waals surface area contributed by atoms with E-state index in [4.69, 9.17) is 29.5 Å². The van der Waals surface area contributed by atoms with E-state index in [2.05, 4.69) is 53.2 Å². The molecule has 14 heteroatoms. The zero-order chi connectivity index (χ0) is 40.5. The average molecular weight is 780 g/mol. The normalized spacial score (nSPS) is 13.9. The molecule has 1 unspecified atom stereocenters. The topological polar surface area (TPSA) is 154 Å². The minimum atomic E-state index is -1.06. The highest BCUT2D eigenvalue weighted by molar-refractivity contribution is 5.67. The van der Waals surface area contributed by atoms with Crippen LogP contribution < -0.4 is 24.6 Å². The number of imidazole rings is 1. The molecule has 1 fully saturated rings. The summed E-state index contributed by atoms with van der Waals surface area (Å²) in [6, 6.07) is 18.2. The van der Waals surface area contributed by atoms with Crippen molar-refractivity contribution in [3.05, 3.63) is 94.9 Å². The Kier molecular flexibility index (Phi) is 13.7. The fourth-order valence-corrected chi connectivity index (χ4v) is 7.65. The Balaban J connectivity index is 1.35. The SMILES string of the molecule is CCCC(CCC)Nc1nc(N(Cc2ccc(OC)cc2)Cc2ccc(OC)cc2)c2ncc(C(O)c3cnc(N4CCC(CN(C)C(=O)O)CC4)c(C)c3)n2n1. The van der Waals surface area contributed by atoms with Crippen LogP contribution in [0.3, 0.4) is 0 Å². The van der Waals surface area contributed by atoms with E-state index in [1.54, 1.807) is 38.2 Å². The molecule has 0 spiro atoms. The quantitative estimate of drug-likeness (QED) is 0.0816. The van der Waals surface area contributed by atoms with Crippen LogP contribution in [0.15, 0.2) is 67.0 Å². The van der Waals surface area contributed by atoms with Crippen molar-refractivity contribution in [2.24, 2.45) is 5.92 Å². The second-order valence-corrected chi connectivity index (χ2v) is 15.1. The third kappa shape index (κ3) is 10.0. The lowest BCUT2D eigenvalue weighted by Gasteiger charge is -2.34. The van der Waals surface area contributed by atoms with Crippen molar-refractivity contribution in [2.45, 2.75) is 84.5 Å². The van der Waals surface area contributed by atoms with Gasteiger partial charge < -0.3 is 39.7 Å². The Morgan fingerprint density at radius 1 is 0.930 bits per heavy atom. The van der Waals surface area contributed by atoms with Crippen LogP contribution in [-0.4, -0.2) is 92.7 Å². The van der Waals surface area contributed by atoms with Gasteiger partial charge in [-0.15, -0.1) is 5.10 Å². The van der Waals surface area contributed by atoms with Gasteiger partial charge in [0.15, 0.2) is 11.5 Å². The number of aromatic nitrogens is 5. The first-order chi connectivity index (χ1) is 27.6. The maximum atomic E-state index is 12.0. The first-order valence-corrected chi connectivity index (χ1v) is 20.0. The molecule has 4 heterocycles. The highest BCUT2D eigenvalue weighted by Crippen LogP contribution is 2.32. The van der Waals surface area contributed by atoms with Gasteiger partial charge in [-0.2, -0.15) is 4.98 Å². The fraction of sp³-hybridized carbons (Fsp3) is 0.465. The summed E-state index contributed by atoms with van der Waals surface area (Å²) < 4.78 is 12.6. The predicted octanol–water partition coefficient (Wildman–Crippen LogP) is 7.34. The molecule has 1 saturated heterocycles. The lowest BCUT2D eigenvalue weighted by Crippen LogP contribution is -2.39. The van der Waals surface area contributed by atoms with Gasteiger partial charge in [-0.25, -0.2) is 19.3 Å². The summed E-state index contributed by atoms with van der Waals surface area (Å²) >= 11 is 0. The lowest BCUT2D eigenvalue weighted by molar-refractivity contribution is 0.145. The number of carboxylic acid groups (broad SMARTS) is 1. The zero-order valence-electron chi connectivity index (χ0n) is 34.1. The Morgan fingerprint density at radius 2 is 1.53 bits per heavy atom. The van der Waals surface area contributed by atoms with Gasteiger partial charge in [0.2, 0.25) is 5.95 Å². The fourth-order valence-electron chi connectivity index (χ4n) is 7.65. The van der Waals surface area contributed by atoms with Crippen molar-refractivity contribution in [1.82, 2.24) is 29.5 Å². The van der Waals surface area contributed by atoms with Crippen LogP contribution in [0.5, 0.6) is 11.5 Å². The molecule has 1 aliphatic heterocycles. The van der Waals surface area contributed by atoms with Crippen molar-refractivity contribution in [3.63, 3.8) is 0 Å². The van der Waals surface area contributed by atoms with Gasteiger partial charge >= 0.3 is 6.09 Å². The lowest BCUT2D eigenvalue weighted by atomic mass is 9.96. The van der Waals surface area contributed by atoms with Crippen LogP contribution in [0.1, 0.15) is 86.4 Å². The van der Waals surface area contributed by atoms with Crippen LogP contribution in [0, 0.1) is 12.8 Å². The van der Waals surface area contributed by atoms with Gasteiger partial charge in [0.05, 0.1) is 26.1 Å². The number of rotatable bonds is 18. The van der Waals surface area contributed by atoms with E-state index in [0.717, 1.165) is 85.6 Å². The molecule has 5 aromatic rings. The number of aryl methyl sites for hydroxylation is 1. The van der Waals surface area contributed by atoms with Crippen molar-refractivity contribution in [2.75, 3.05) is 56.0 Å². The summed E-state index contributed by atoms with van der Waals surface area (Å²) in [5, 5.41) is 29.9. The van der Waals surface area contributed by atoms with Crippen LogP contribution in [0.4, 0.5) is 22.4 Å². The molecule has 0 radical (unpaired) electrons. The summed E-state index contributed by atoms with van der Waals surface area (Å²) in [6.07, 6.45) is 7.20. The molecule has 1 aliphatic rings. The second kappa shape index (κ2) is 19.0. The molecule has 14 nitrogen and oxygen atoms in total. The first kappa shape index (κ1) is 41.0. The number of hydrogen-bond donors (Lipinski definition) is 3. The van der Waals surface area contributed by atoms with E-state index in [1.165, 1.54) is 4.90 Å². The Hall–Kier alpha value is -5.63. The number of aliphatic hydroxyl groups excluding tert-OH is 1. The number of hydrogen-bond acceptors (Lipinski definition) is 11. The Labute approximate surface area is 335 Å². The number of ether oxygens (including phenoxy) is 2. The number of benzene rings is 2. The third-order valence-electron chi connectivity index (χ3n) is 10.8. The number of nitrogens with zero attached hydrogens (tertiary/aromatic N) is 8. The molecule has 0 aliphatic carbocycles. The Bertz CT molecular complexity index is 2010. The minimum Gasteiger partial charge on any atom is -0.497 e. The molecule has 1 atom stereocenters. The van der Waals surface area contributed by atoms with E-state index in [1.807, 2.05) is 37.3 Å². The number of pyridine rings is 1. The summed E-state index contributed by atoms with van der Waals surface area (Å²) in [6.45, 7) is 9.53. The molecule has 2 aromatic carbocycles.